The van der Waals surface area contributed by atoms with Crippen LogP contribution in [0.4, 0.5) is 17.3 Å². The molecule has 0 heterocycles. The summed E-state index contributed by atoms with van der Waals surface area (Å²) in [4.78, 5) is 0. The summed E-state index contributed by atoms with van der Waals surface area (Å²) in [5.41, 5.74) is -1.25. The summed E-state index contributed by atoms with van der Waals surface area (Å²) in [6, 6.07) is 2.94. The molecule has 1 rings (SSSR count). The zero-order valence-corrected chi connectivity index (χ0v) is 10.9. The number of benzene rings is 1. The van der Waals surface area contributed by atoms with Crippen molar-refractivity contribution in [3.63, 3.8) is 0 Å². The number of rotatable bonds is 2. The summed E-state index contributed by atoms with van der Waals surface area (Å²) in [7, 11) is 1.12. The van der Waals surface area contributed by atoms with Crippen LogP contribution in [0.1, 0.15) is 0 Å². The molecule has 0 aliphatic rings. The Morgan fingerprint density at radius 2 is 1.79 bits per heavy atom. The van der Waals surface area contributed by atoms with Gasteiger partial charge in [0.15, 0.2) is 5.75 Å². The van der Waals surface area contributed by atoms with Crippen LogP contribution in [-0.2, 0) is 0 Å². The van der Waals surface area contributed by atoms with E-state index in [1.165, 1.54) is 0 Å². The predicted octanol–water partition coefficient (Wildman–Crippen LogP) is -1.11. The van der Waals surface area contributed by atoms with Crippen molar-refractivity contribution < 1.29 is 73.5 Å². The fraction of sp³-hybridized carbons (Fsp3) is 0.143. The van der Waals surface area contributed by atoms with Crippen molar-refractivity contribution in [3.8, 4) is 5.75 Å². The molecule has 1 aromatic rings. The maximum atomic E-state index is 12.9. The monoisotopic (exact) mass is 232 g/mol. The Bertz CT molecular complexity index is 315. The van der Waals surface area contributed by atoms with E-state index in [9.17, 15) is 17.3 Å². The van der Waals surface area contributed by atoms with Gasteiger partial charge in [-0.1, -0.05) is 17.6 Å². The van der Waals surface area contributed by atoms with E-state index >= 15 is 0 Å². The number of ether oxygens (including phenoxy) is 1. The van der Waals surface area contributed by atoms with Crippen molar-refractivity contribution in [1.29, 1.82) is 0 Å². The van der Waals surface area contributed by atoms with Crippen LogP contribution in [0.3, 0.4) is 0 Å². The molecule has 0 atom stereocenters. The smallest absolute Gasteiger partial charge is 0.494 e. The second-order valence-electron chi connectivity index (χ2n) is 2.44. The third-order valence-electron chi connectivity index (χ3n) is 1.57. The Hall–Kier alpha value is 0.441. The van der Waals surface area contributed by atoms with Crippen LogP contribution < -0.4 is 61.6 Å². The minimum absolute atomic E-state index is 0. The van der Waals surface area contributed by atoms with Crippen LogP contribution in [0.5, 0.6) is 5.75 Å². The molecule has 1 nitrogen and oxygen atoms in total. The first-order valence-corrected chi connectivity index (χ1v) is 3.49. The van der Waals surface area contributed by atoms with Gasteiger partial charge in [-0.25, -0.2) is 4.39 Å². The first-order valence-electron chi connectivity index (χ1n) is 3.49. The Kier molecular flexibility index (Phi) is 5.68. The quantitative estimate of drug-likeness (QED) is 0.464. The normalized spacial score (nSPS) is 10.6. The third kappa shape index (κ3) is 3.23. The van der Waals surface area contributed by atoms with Crippen LogP contribution >= 0.6 is 0 Å². The van der Waals surface area contributed by atoms with Gasteiger partial charge in [-0.2, -0.15) is 0 Å². The van der Waals surface area contributed by atoms with Gasteiger partial charge >= 0.3 is 58.4 Å². The first kappa shape index (κ1) is 14.4. The van der Waals surface area contributed by atoms with Crippen molar-refractivity contribution in [3.05, 3.63) is 24.0 Å². The zero-order chi connectivity index (χ0) is 10.1. The minimum atomic E-state index is -5.31. The Morgan fingerprint density at radius 1 is 1.21 bits per heavy atom. The van der Waals surface area contributed by atoms with Crippen LogP contribution in [-0.4, -0.2) is 14.1 Å². The van der Waals surface area contributed by atoms with E-state index in [4.69, 9.17) is 0 Å². The molecule has 0 radical (unpaired) electrons. The summed E-state index contributed by atoms with van der Waals surface area (Å²) in [5, 5.41) is 0. The van der Waals surface area contributed by atoms with E-state index < -0.39 is 24.0 Å². The molecule has 0 aliphatic carbocycles. The summed E-state index contributed by atoms with van der Waals surface area (Å²) in [6.07, 6.45) is 0. The van der Waals surface area contributed by atoms with Crippen molar-refractivity contribution in [2.24, 2.45) is 0 Å². The standard InChI is InChI=1S/C7H6BF4O.K/c1-13-6-4-2-3-5(7(6)9)8(10,11)12;/h2-4H,1H3;/q-1;+1. The van der Waals surface area contributed by atoms with Gasteiger partial charge in [0, 0.05) is 0 Å². The van der Waals surface area contributed by atoms with Crippen molar-refractivity contribution in [2.75, 3.05) is 7.11 Å². The van der Waals surface area contributed by atoms with Crippen molar-refractivity contribution in [2.45, 2.75) is 0 Å². The van der Waals surface area contributed by atoms with E-state index in [0.29, 0.717) is 6.07 Å². The van der Waals surface area contributed by atoms with Crippen LogP contribution in [0, 0.1) is 5.82 Å². The second kappa shape index (κ2) is 5.50. The van der Waals surface area contributed by atoms with Gasteiger partial charge in [0.1, 0.15) is 5.82 Å². The molecule has 72 valence electrons. The Balaban J connectivity index is 0.00000169. The maximum Gasteiger partial charge on any atom is 1.00 e. The summed E-state index contributed by atoms with van der Waals surface area (Å²) >= 11 is 0. The number of hydrogen-bond acceptors (Lipinski definition) is 1. The molecule has 0 saturated heterocycles. The van der Waals surface area contributed by atoms with Gasteiger partial charge in [0.2, 0.25) is 0 Å². The average molecular weight is 232 g/mol. The molecule has 0 amide bonds. The van der Waals surface area contributed by atoms with E-state index in [0.717, 1.165) is 19.2 Å². The Morgan fingerprint density at radius 3 is 2.21 bits per heavy atom. The maximum absolute atomic E-state index is 12.9. The molecule has 7 heteroatoms. The molecule has 0 saturated carbocycles. The average Bonchev–Trinajstić information content (AvgIpc) is 2.02. The largest absolute Gasteiger partial charge is 1.00 e. The third-order valence-corrected chi connectivity index (χ3v) is 1.57. The minimum Gasteiger partial charge on any atom is -0.494 e. The Labute approximate surface area is 121 Å². The molecular formula is C7H6BF4KO. The van der Waals surface area contributed by atoms with Crippen molar-refractivity contribution in [1.82, 2.24) is 0 Å². The number of methoxy groups -OCH3 is 1. The topological polar surface area (TPSA) is 9.23 Å². The molecule has 0 N–H and O–H groups in total. The van der Waals surface area contributed by atoms with Gasteiger partial charge in [0.05, 0.1) is 7.11 Å². The van der Waals surface area contributed by atoms with Crippen LogP contribution in [0.25, 0.3) is 0 Å². The van der Waals surface area contributed by atoms with Gasteiger partial charge in [-0.15, -0.1) is 0 Å². The van der Waals surface area contributed by atoms with Gasteiger partial charge < -0.3 is 17.7 Å². The predicted molar refractivity (Wildman–Crippen MR) is 41.7 cm³/mol. The number of halogens is 4. The van der Waals surface area contributed by atoms with E-state index in [2.05, 4.69) is 4.74 Å². The van der Waals surface area contributed by atoms with Crippen molar-refractivity contribution >= 4 is 12.4 Å². The van der Waals surface area contributed by atoms with Gasteiger partial charge in [-0.05, 0) is 6.07 Å². The van der Waals surface area contributed by atoms with Gasteiger partial charge in [-0.3, -0.25) is 0 Å². The van der Waals surface area contributed by atoms with E-state index in [1.54, 1.807) is 0 Å². The fourth-order valence-corrected chi connectivity index (χ4v) is 0.938. The van der Waals surface area contributed by atoms with Gasteiger partial charge in [0.25, 0.3) is 0 Å². The molecule has 0 aromatic heterocycles. The van der Waals surface area contributed by atoms with Crippen LogP contribution in [0.15, 0.2) is 18.2 Å². The first-order chi connectivity index (χ1) is 5.96. The second-order valence-corrected chi connectivity index (χ2v) is 2.44. The SMILES string of the molecule is COc1cccc([B-](F)(F)F)c1F.[K+]. The molecule has 0 fully saturated rings. The van der Waals surface area contributed by atoms with Crippen LogP contribution in [0.2, 0.25) is 0 Å². The summed E-state index contributed by atoms with van der Waals surface area (Å²) in [5.74, 6) is -1.74. The summed E-state index contributed by atoms with van der Waals surface area (Å²) in [6.45, 7) is -5.31. The van der Waals surface area contributed by atoms with E-state index in [1.807, 2.05) is 0 Å². The zero-order valence-electron chi connectivity index (χ0n) is 7.73. The summed E-state index contributed by atoms with van der Waals surface area (Å²) < 4.78 is 53.8. The molecule has 0 unspecified atom stereocenters. The number of hydrogen-bond donors (Lipinski definition) is 0. The molecule has 0 aliphatic heterocycles. The van der Waals surface area contributed by atoms with E-state index in [-0.39, 0.29) is 51.4 Å². The molecule has 0 bridgehead atoms. The molecule has 14 heavy (non-hydrogen) atoms. The molecular weight excluding hydrogens is 226 g/mol. The molecule has 0 spiro atoms. The fourth-order valence-electron chi connectivity index (χ4n) is 0.938. The molecule has 1 aromatic carbocycles.